The topological polar surface area (TPSA) is 44.5 Å². The number of ether oxygens (including phenoxy) is 2. The van der Waals surface area contributed by atoms with Gasteiger partial charge in [-0.05, 0) is 35.4 Å². The summed E-state index contributed by atoms with van der Waals surface area (Å²) in [6, 6.07) is 9.69. The van der Waals surface area contributed by atoms with Gasteiger partial charge in [0.05, 0.1) is 24.3 Å². The van der Waals surface area contributed by atoms with Gasteiger partial charge in [-0.25, -0.2) is 4.39 Å². The minimum absolute atomic E-state index is 0.0669. The first-order valence-electron chi connectivity index (χ1n) is 6.75. The summed E-state index contributed by atoms with van der Waals surface area (Å²) in [6.45, 7) is 1.26. The minimum atomic E-state index is -0.453. The smallest absolute Gasteiger partial charge is 0.161 e. The maximum Gasteiger partial charge on any atom is 0.161 e. The number of fused-ring (bicyclic) bond motifs is 1. The molecule has 2 N–H and O–H groups in total. The highest BCUT2D eigenvalue weighted by Crippen LogP contribution is 2.33. The van der Waals surface area contributed by atoms with Crippen LogP contribution in [0.1, 0.15) is 23.6 Å². The fraction of sp³-hybridized carbons (Fsp3) is 0.250. The fourth-order valence-corrected chi connectivity index (χ4v) is 2.46. The molecule has 1 unspecified atom stereocenters. The Labute approximate surface area is 127 Å². The van der Waals surface area contributed by atoms with Crippen molar-refractivity contribution in [3.05, 3.63) is 58.4 Å². The zero-order chi connectivity index (χ0) is 14.8. The maximum atomic E-state index is 13.2. The molecule has 110 valence electrons. The van der Waals surface area contributed by atoms with Gasteiger partial charge in [-0.15, -0.1) is 0 Å². The van der Waals surface area contributed by atoms with Gasteiger partial charge in [-0.1, -0.05) is 23.7 Å². The van der Waals surface area contributed by atoms with Crippen LogP contribution >= 0.6 is 11.6 Å². The molecule has 3 nitrogen and oxygen atoms in total. The molecule has 5 heteroatoms. The van der Waals surface area contributed by atoms with Crippen molar-refractivity contribution in [3.63, 3.8) is 0 Å². The number of hydrogen-bond acceptors (Lipinski definition) is 3. The molecule has 1 heterocycles. The van der Waals surface area contributed by atoms with Crippen LogP contribution in [-0.2, 0) is 0 Å². The molecule has 1 aliphatic heterocycles. The Morgan fingerprint density at radius 1 is 1.00 bits per heavy atom. The highest BCUT2D eigenvalue weighted by molar-refractivity contribution is 6.30. The molecule has 3 rings (SSSR count). The van der Waals surface area contributed by atoms with Crippen LogP contribution in [0.3, 0.4) is 0 Å². The largest absolute Gasteiger partial charge is 0.490 e. The lowest BCUT2D eigenvalue weighted by Gasteiger charge is -2.15. The van der Waals surface area contributed by atoms with Gasteiger partial charge in [0.2, 0.25) is 0 Å². The van der Waals surface area contributed by atoms with E-state index in [0.29, 0.717) is 19.0 Å². The summed E-state index contributed by atoms with van der Waals surface area (Å²) in [5.41, 5.74) is 7.84. The normalized spacial score (nSPS) is 15.4. The molecule has 21 heavy (non-hydrogen) atoms. The third-order valence-corrected chi connectivity index (χ3v) is 3.72. The Balaban J connectivity index is 1.92. The molecule has 1 atom stereocenters. The summed E-state index contributed by atoms with van der Waals surface area (Å²) < 4.78 is 24.5. The van der Waals surface area contributed by atoms with Crippen LogP contribution in [0.25, 0.3) is 0 Å². The van der Waals surface area contributed by atoms with Gasteiger partial charge < -0.3 is 15.2 Å². The number of rotatable bonds is 2. The number of halogens is 2. The molecule has 2 aromatic carbocycles. The van der Waals surface area contributed by atoms with Crippen molar-refractivity contribution in [2.45, 2.75) is 12.5 Å². The van der Waals surface area contributed by atoms with Gasteiger partial charge in [0.25, 0.3) is 0 Å². The van der Waals surface area contributed by atoms with E-state index >= 15 is 0 Å². The zero-order valence-electron chi connectivity index (χ0n) is 11.3. The van der Waals surface area contributed by atoms with E-state index in [9.17, 15) is 4.39 Å². The maximum absolute atomic E-state index is 13.2. The van der Waals surface area contributed by atoms with E-state index in [-0.39, 0.29) is 5.02 Å². The SMILES string of the molecule is NC(c1ccc(F)c(Cl)c1)c1ccc2c(c1)OCCCO2. The molecule has 0 spiro atoms. The minimum Gasteiger partial charge on any atom is -0.490 e. The number of hydrogen-bond donors (Lipinski definition) is 1. The van der Waals surface area contributed by atoms with Crippen LogP contribution < -0.4 is 15.2 Å². The second-order valence-electron chi connectivity index (χ2n) is 4.91. The van der Waals surface area contributed by atoms with Crippen LogP contribution in [0, 0.1) is 5.82 Å². The second-order valence-corrected chi connectivity index (χ2v) is 5.32. The van der Waals surface area contributed by atoms with Crippen molar-refractivity contribution in [1.29, 1.82) is 0 Å². The molecular weight excluding hydrogens is 293 g/mol. The quantitative estimate of drug-likeness (QED) is 0.920. The fourth-order valence-electron chi connectivity index (χ4n) is 2.27. The number of nitrogens with two attached hydrogens (primary N) is 1. The molecule has 2 aromatic rings. The Morgan fingerprint density at radius 3 is 2.43 bits per heavy atom. The molecule has 0 amide bonds. The van der Waals surface area contributed by atoms with Crippen molar-refractivity contribution in [2.75, 3.05) is 13.2 Å². The molecule has 0 fully saturated rings. The van der Waals surface area contributed by atoms with E-state index in [4.69, 9.17) is 26.8 Å². The standard InChI is InChI=1S/C16H15ClFNO2/c17-12-8-10(2-4-13(12)18)16(19)11-3-5-14-15(9-11)21-7-1-6-20-14/h2-5,8-9,16H,1,6-7,19H2. The van der Waals surface area contributed by atoms with Crippen LogP contribution in [0.2, 0.25) is 5.02 Å². The molecule has 0 aliphatic carbocycles. The molecule has 0 radical (unpaired) electrons. The first kappa shape index (κ1) is 14.2. The van der Waals surface area contributed by atoms with Gasteiger partial charge in [-0.2, -0.15) is 0 Å². The van der Waals surface area contributed by atoms with Gasteiger partial charge >= 0.3 is 0 Å². The van der Waals surface area contributed by atoms with Crippen molar-refractivity contribution >= 4 is 11.6 Å². The van der Waals surface area contributed by atoms with Crippen molar-refractivity contribution in [2.24, 2.45) is 5.73 Å². The number of benzene rings is 2. The molecule has 0 bridgehead atoms. The summed E-state index contributed by atoms with van der Waals surface area (Å²) in [5, 5.41) is 0.0669. The average molecular weight is 308 g/mol. The van der Waals surface area contributed by atoms with Crippen LogP contribution in [0.4, 0.5) is 4.39 Å². The predicted octanol–water partition coefficient (Wildman–Crippen LogP) is 3.69. The monoisotopic (exact) mass is 307 g/mol. The van der Waals surface area contributed by atoms with Gasteiger partial charge in [0.1, 0.15) is 5.82 Å². The van der Waals surface area contributed by atoms with E-state index < -0.39 is 11.9 Å². The summed E-state index contributed by atoms with van der Waals surface area (Å²) >= 11 is 5.81. The van der Waals surface area contributed by atoms with Crippen LogP contribution in [-0.4, -0.2) is 13.2 Å². The van der Waals surface area contributed by atoms with E-state index in [1.54, 1.807) is 12.1 Å². The summed E-state index contributed by atoms with van der Waals surface area (Å²) in [5.74, 6) is 0.959. The Kier molecular flexibility index (Phi) is 3.99. The van der Waals surface area contributed by atoms with Gasteiger partial charge in [0.15, 0.2) is 11.5 Å². The van der Waals surface area contributed by atoms with Gasteiger partial charge in [-0.3, -0.25) is 0 Å². The Morgan fingerprint density at radius 2 is 1.67 bits per heavy atom. The zero-order valence-corrected chi connectivity index (χ0v) is 12.1. The second kappa shape index (κ2) is 5.92. The lowest BCUT2D eigenvalue weighted by molar-refractivity contribution is 0.297. The first-order valence-corrected chi connectivity index (χ1v) is 7.13. The third kappa shape index (κ3) is 2.96. The van der Waals surface area contributed by atoms with E-state index in [2.05, 4.69) is 0 Å². The first-order chi connectivity index (χ1) is 10.1. The summed E-state index contributed by atoms with van der Waals surface area (Å²) in [4.78, 5) is 0. The van der Waals surface area contributed by atoms with E-state index in [1.165, 1.54) is 6.07 Å². The molecule has 0 saturated heterocycles. The predicted molar refractivity (Wildman–Crippen MR) is 79.5 cm³/mol. The van der Waals surface area contributed by atoms with E-state index in [1.807, 2.05) is 18.2 Å². The van der Waals surface area contributed by atoms with Crippen molar-refractivity contribution in [1.82, 2.24) is 0 Å². The van der Waals surface area contributed by atoms with Crippen LogP contribution in [0.5, 0.6) is 11.5 Å². The molecule has 0 aromatic heterocycles. The third-order valence-electron chi connectivity index (χ3n) is 3.43. The summed E-state index contributed by atoms with van der Waals surface area (Å²) in [6.07, 6.45) is 0.851. The van der Waals surface area contributed by atoms with Gasteiger partial charge in [0, 0.05) is 6.42 Å². The summed E-state index contributed by atoms with van der Waals surface area (Å²) in [7, 11) is 0. The molecular formula is C16H15ClFNO2. The van der Waals surface area contributed by atoms with Crippen LogP contribution in [0.15, 0.2) is 36.4 Å². The Bertz CT molecular complexity index is 663. The molecule has 0 saturated carbocycles. The molecule has 1 aliphatic rings. The van der Waals surface area contributed by atoms with Crippen molar-refractivity contribution < 1.29 is 13.9 Å². The van der Waals surface area contributed by atoms with E-state index in [0.717, 1.165) is 23.3 Å². The lowest BCUT2D eigenvalue weighted by Crippen LogP contribution is -2.12. The lowest BCUT2D eigenvalue weighted by atomic mass is 9.99. The Hall–Kier alpha value is -1.78. The average Bonchev–Trinajstić information content (AvgIpc) is 2.73. The highest BCUT2D eigenvalue weighted by Gasteiger charge is 2.16. The van der Waals surface area contributed by atoms with Crippen molar-refractivity contribution in [3.8, 4) is 11.5 Å². The highest BCUT2D eigenvalue weighted by atomic mass is 35.5.